The van der Waals surface area contributed by atoms with Crippen LogP contribution in [0.2, 0.25) is 0 Å². The molecule has 29 heavy (non-hydrogen) atoms. The Kier molecular flexibility index (Phi) is 5.30. The lowest BCUT2D eigenvalue weighted by atomic mass is 9.78. The summed E-state index contributed by atoms with van der Waals surface area (Å²) in [7, 11) is 0. The zero-order valence-corrected chi connectivity index (χ0v) is 17.3. The Labute approximate surface area is 169 Å². The SMILES string of the molecule is C=C1C(=O)OC2C1C(OC(C)=O)C(OC(=O)C(C)=CC)C(C)=C1CC=C(C)C12O. The molecule has 5 unspecified atom stereocenters. The molecule has 1 N–H and O–H groups in total. The topological polar surface area (TPSA) is 99.1 Å². The number of allylic oxidation sites excluding steroid dienone is 2. The number of carbonyl (C=O) groups is 3. The van der Waals surface area contributed by atoms with Crippen LogP contribution in [0.25, 0.3) is 0 Å². The van der Waals surface area contributed by atoms with Gasteiger partial charge >= 0.3 is 17.9 Å². The lowest BCUT2D eigenvalue weighted by Gasteiger charge is -2.35. The van der Waals surface area contributed by atoms with Crippen LogP contribution in [0.4, 0.5) is 0 Å². The van der Waals surface area contributed by atoms with Gasteiger partial charge in [0.25, 0.3) is 0 Å². The maximum atomic E-state index is 12.6. The summed E-state index contributed by atoms with van der Waals surface area (Å²) in [5.74, 6) is -2.71. The number of carbonyl (C=O) groups excluding carboxylic acids is 3. The van der Waals surface area contributed by atoms with E-state index in [0.717, 1.165) is 0 Å². The number of fused-ring (bicyclic) bond motifs is 3. The van der Waals surface area contributed by atoms with E-state index in [1.54, 1.807) is 33.8 Å². The number of hydrogen-bond acceptors (Lipinski definition) is 7. The molecule has 3 aliphatic rings. The van der Waals surface area contributed by atoms with E-state index < -0.39 is 47.7 Å². The number of esters is 3. The molecule has 1 aliphatic heterocycles. The zero-order valence-electron chi connectivity index (χ0n) is 17.3. The molecular weight excluding hydrogens is 376 g/mol. The van der Waals surface area contributed by atoms with Gasteiger partial charge in [0, 0.05) is 18.1 Å². The molecule has 5 atom stereocenters. The molecule has 0 aromatic rings. The highest BCUT2D eigenvalue weighted by atomic mass is 16.6. The molecular formula is C22H26O7. The number of rotatable bonds is 3. The van der Waals surface area contributed by atoms with Crippen molar-refractivity contribution in [3.63, 3.8) is 0 Å². The molecule has 0 aromatic heterocycles. The summed E-state index contributed by atoms with van der Waals surface area (Å²) in [5.41, 5.74) is 0.674. The largest absolute Gasteiger partial charge is 0.457 e. The Morgan fingerprint density at radius 1 is 1.31 bits per heavy atom. The van der Waals surface area contributed by atoms with Crippen LogP contribution in [0.1, 0.15) is 41.0 Å². The predicted octanol–water partition coefficient (Wildman–Crippen LogP) is 2.31. The second-order valence-electron chi connectivity index (χ2n) is 7.77. The van der Waals surface area contributed by atoms with Gasteiger partial charge in [-0.1, -0.05) is 18.7 Å². The van der Waals surface area contributed by atoms with E-state index in [2.05, 4.69) is 6.58 Å². The van der Waals surface area contributed by atoms with E-state index in [1.807, 2.05) is 6.08 Å². The fourth-order valence-corrected chi connectivity index (χ4v) is 4.38. The maximum absolute atomic E-state index is 12.6. The summed E-state index contributed by atoms with van der Waals surface area (Å²) in [6.07, 6.45) is 0.798. The van der Waals surface area contributed by atoms with Crippen molar-refractivity contribution in [2.45, 2.75) is 65.0 Å². The minimum absolute atomic E-state index is 0.0761. The molecule has 2 aliphatic carbocycles. The Morgan fingerprint density at radius 3 is 2.55 bits per heavy atom. The Morgan fingerprint density at radius 2 is 1.97 bits per heavy atom. The number of aliphatic hydroxyl groups is 1. The predicted molar refractivity (Wildman–Crippen MR) is 103 cm³/mol. The van der Waals surface area contributed by atoms with Crippen molar-refractivity contribution in [1.29, 1.82) is 0 Å². The third kappa shape index (κ3) is 3.13. The van der Waals surface area contributed by atoms with Gasteiger partial charge in [-0.3, -0.25) is 4.79 Å². The first-order chi connectivity index (χ1) is 13.5. The van der Waals surface area contributed by atoms with Gasteiger partial charge in [0.1, 0.15) is 11.7 Å². The first kappa shape index (κ1) is 21.0. The van der Waals surface area contributed by atoms with Gasteiger partial charge in [-0.2, -0.15) is 0 Å². The second kappa shape index (κ2) is 7.30. The molecule has 7 heteroatoms. The van der Waals surface area contributed by atoms with Crippen molar-refractivity contribution >= 4 is 17.9 Å². The molecule has 7 nitrogen and oxygen atoms in total. The highest BCUT2D eigenvalue weighted by molar-refractivity contribution is 5.92. The molecule has 0 amide bonds. The van der Waals surface area contributed by atoms with Crippen molar-refractivity contribution in [3.05, 3.63) is 46.6 Å². The van der Waals surface area contributed by atoms with Crippen LogP contribution in [0, 0.1) is 5.92 Å². The van der Waals surface area contributed by atoms with Gasteiger partial charge in [0.2, 0.25) is 0 Å². The van der Waals surface area contributed by atoms with Crippen LogP contribution in [0.15, 0.2) is 46.6 Å². The summed E-state index contributed by atoms with van der Waals surface area (Å²) >= 11 is 0. The standard InChI is InChI=1S/C22H26O7/c1-7-10(2)20(24)28-17-12(4)15-9-8-11(3)22(15,26)19-16(13(5)21(25)29-19)18(17)27-14(6)23/h7-8,16-19,26H,5,9H2,1-4,6H3. The van der Waals surface area contributed by atoms with Crippen LogP contribution in [0.3, 0.4) is 0 Å². The smallest absolute Gasteiger partial charge is 0.334 e. The molecule has 1 fully saturated rings. The number of ether oxygens (including phenoxy) is 3. The van der Waals surface area contributed by atoms with Crippen LogP contribution < -0.4 is 0 Å². The quantitative estimate of drug-likeness (QED) is 0.335. The fraction of sp³-hybridized carbons (Fsp3) is 0.500. The van der Waals surface area contributed by atoms with E-state index in [-0.39, 0.29) is 5.57 Å². The monoisotopic (exact) mass is 402 g/mol. The van der Waals surface area contributed by atoms with Crippen molar-refractivity contribution in [1.82, 2.24) is 0 Å². The molecule has 1 heterocycles. The van der Waals surface area contributed by atoms with Crippen molar-refractivity contribution in [3.8, 4) is 0 Å². The van der Waals surface area contributed by atoms with Gasteiger partial charge in [-0.05, 0) is 50.8 Å². The third-order valence-electron chi connectivity index (χ3n) is 6.16. The van der Waals surface area contributed by atoms with Gasteiger partial charge < -0.3 is 19.3 Å². The molecule has 0 radical (unpaired) electrons. The summed E-state index contributed by atoms with van der Waals surface area (Å²) in [6, 6.07) is 0. The average molecular weight is 402 g/mol. The fourth-order valence-electron chi connectivity index (χ4n) is 4.38. The highest BCUT2D eigenvalue weighted by Crippen LogP contribution is 2.52. The number of hydrogen-bond donors (Lipinski definition) is 1. The maximum Gasteiger partial charge on any atom is 0.334 e. The lowest BCUT2D eigenvalue weighted by Crippen LogP contribution is -2.50. The van der Waals surface area contributed by atoms with Gasteiger partial charge in [-0.25, -0.2) is 9.59 Å². The molecule has 0 aromatic carbocycles. The Balaban J connectivity index is 2.20. The minimum Gasteiger partial charge on any atom is -0.457 e. The van der Waals surface area contributed by atoms with Crippen LogP contribution in [0.5, 0.6) is 0 Å². The summed E-state index contributed by atoms with van der Waals surface area (Å²) in [6.45, 7) is 11.9. The normalized spacial score (nSPS) is 34.1. The van der Waals surface area contributed by atoms with E-state index >= 15 is 0 Å². The van der Waals surface area contributed by atoms with E-state index in [9.17, 15) is 19.5 Å². The second-order valence-corrected chi connectivity index (χ2v) is 7.77. The molecule has 1 saturated heterocycles. The Bertz CT molecular complexity index is 891. The van der Waals surface area contributed by atoms with Crippen LogP contribution in [-0.2, 0) is 28.6 Å². The first-order valence-electron chi connectivity index (χ1n) is 9.54. The van der Waals surface area contributed by atoms with E-state index in [0.29, 0.717) is 28.7 Å². The van der Waals surface area contributed by atoms with Crippen molar-refractivity contribution in [2.75, 3.05) is 0 Å². The van der Waals surface area contributed by atoms with Gasteiger partial charge in [0.05, 0.1) is 5.92 Å². The van der Waals surface area contributed by atoms with Crippen molar-refractivity contribution in [2.24, 2.45) is 5.92 Å². The third-order valence-corrected chi connectivity index (χ3v) is 6.16. The zero-order chi connectivity index (χ0) is 21.7. The molecule has 156 valence electrons. The highest BCUT2D eigenvalue weighted by Gasteiger charge is 2.62. The minimum atomic E-state index is -1.57. The lowest BCUT2D eigenvalue weighted by molar-refractivity contribution is -0.168. The summed E-state index contributed by atoms with van der Waals surface area (Å²) in [4.78, 5) is 36.8. The summed E-state index contributed by atoms with van der Waals surface area (Å²) in [5, 5.41) is 11.7. The Hall–Kier alpha value is -2.67. The van der Waals surface area contributed by atoms with Crippen LogP contribution in [-0.4, -0.2) is 46.9 Å². The van der Waals surface area contributed by atoms with Gasteiger partial charge in [0.15, 0.2) is 12.2 Å². The molecule has 3 rings (SSSR count). The van der Waals surface area contributed by atoms with E-state index in [4.69, 9.17) is 14.2 Å². The first-order valence-corrected chi connectivity index (χ1v) is 9.54. The van der Waals surface area contributed by atoms with E-state index in [1.165, 1.54) is 6.92 Å². The molecule has 0 saturated carbocycles. The average Bonchev–Trinajstić information content (AvgIpc) is 3.11. The molecule has 0 spiro atoms. The summed E-state index contributed by atoms with van der Waals surface area (Å²) < 4.78 is 16.8. The van der Waals surface area contributed by atoms with Gasteiger partial charge in [-0.15, -0.1) is 0 Å². The van der Waals surface area contributed by atoms with Crippen molar-refractivity contribution < 1.29 is 33.7 Å². The molecule has 0 bridgehead atoms. The van der Waals surface area contributed by atoms with Crippen LogP contribution >= 0.6 is 0 Å².